The Morgan fingerprint density at radius 3 is 2.70 bits per heavy atom. The van der Waals surface area contributed by atoms with Crippen LogP contribution in [0.1, 0.15) is 43.5 Å². The molecule has 1 aliphatic rings. The third kappa shape index (κ3) is 3.24. The van der Waals surface area contributed by atoms with Crippen molar-refractivity contribution in [2.75, 3.05) is 18.2 Å². The Morgan fingerprint density at radius 2 is 2.05 bits per heavy atom. The zero-order chi connectivity index (χ0) is 14.7. The predicted octanol–water partition coefficient (Wildman–Crippen LogP) is 3.29. The highest BCUT2D eigenvalue weighted by molar-refractivity contribution is 5.96. The van der Waals surface area contributed by atoms with Crippen molar-refractivity contribution in [2.45, 2.75) is 39.2 Å². The molecule has 1 fully saturated rings. The number of nitrogen functional groups attached to an aromatic ring is 1. The second-order valence-electron chi connectivity index (χ2n) is 5.90. The fourth-order valence-corrected chi connectivity index (χ4v) is 2.85. The van der Waals surface area contributed by atoms with Crippen LogP contribution in [-0.4, -0.2) is 19.1 Å². The Hall–Kier alpha value is -1.71. The highest BCUT2D eigenvalue weighted by Gasteiger charge is 2.24. The second-order valence-corrected chi connectivity index (χ2v) is 5.90. The van der Waals surface area contributed by atoms with E-state index in [0.29, 0.717) is 17.3 Å². The molecule has 20 heavy (non-hydrogen) atoms. The average molecular weight is 276 g/mol. The van der Waals surface area contributed by atoms with Crippen LogP contribution in [0.15, 0.2) is 18.2 Å². The highest BCUT2D eigenvalue weighted by atomic mass is 16.5. The van der Waals surface area contributed by atoms with Crippen LogP contribution in [0.5, 0.6) is 0 Å². The number of anilines is 2. The molecular weight excluding hydrogens is 252 g/mol. The van der Waals surface area contributed by atoms with E-state index in [-0.39, 0.29) is 0 Å². The number of carbonyl (C=O) groups is 1. The van der Waals surface area contributed by atoms with Gasteiger partial charge in [0.15, 0.2) is 0 Å². The van der Waals surface area contributed by atoms with Gasteiger partial charge in [-0.25, -0.2) is 4.79 Å². The van der Waals surface area contributed by atoms with E-state index >= 15 is 0 Å². The van der Waals surface area contributed by atoms with Crippen LogP contribution in [0.25, 0.3) is 0 Å². The van der Waals surface area contributed by atoms with Gasteiger partial charge in [0.25, 0.3) is 0 Å². The standard InChI is InChI=1S/C16H24N2O2/c1-10-4-5-12(8-11(10)2)18-13-6-7-15(17)14(9-13)16(19)20-3/h6-7,9-12,18H,4-5,8,17H2,1-3H3. The number of carbonyl (C=O) groups excluding carboxylic acids is 1. The summed E-state index contributed by atoms with van der Waals surface area (Å²) in [7, 11) is 1.37. The molecule has 110 valence electrons. The summed E-state index contributed by atoms with van der Waals surface area (Å²) in [4.78, 5) is 11.6. The maximum absolute atomic E-state index is 11.6. The van der Waals surface area contributed by atoms with E-state index in [1.807, 2.05) is 6.07 Å². The molecule has 0 spiro atoms. The van der Waals surface area contributed by atoms with Crippen molar-refractivity contribution in [3.63, 3.8) is 0 Å². The molecule has 2 rings (SSSR count). The van der Waals surface area contributed by atoms with Gasteiger partial charge < -0.3 is 15.8 Å². The number of nitrogens with two attached hydrogens (primary N) is 1. The van der Waals surface area contributed by atoms with Crippen molar-refractivity contribution in [2.24, 2.45) is 11.8 Å². The number of esters is 1. The fraction of sp³-hybridized carbons (Fsp3) is 0.562. The first-order valence-corrected chi connectivity index (χ1v) is 7.25. The summed E-state index contributed by atoms with van der Waals surface area (Å²) in [6.07, 6.45) is 3.58. The maximum Gasteiger partial charge on any atom is 0.340 e. The summed E-state index contributed by atoms with van der Waals surface area (Å²) in [5.74, 6) is 1.14. The van der Waals surface area contributed by atoms with E-state index in [4.69, 9.17) is 10.5 Å². The number of nitrogens with one attached hydrogen (secondary N) is 1. The van der Waals surface area contributed by atoms with Crippen molar-refractivity contribution in [3.8, 4) is 0 Å². The van der Waals surface area contributed by atoms with Crippen LogP contribution in [0, 0.1) is 11.8 Å². The Balaban J connectivity index is 2.08. The second kappa shape index (κ2) is 6.16. The summed E-state index contributed by atoms with van der Waals surface area (Å²) < 4.78 is 4.75. The molecule has 0 aliphatic heterocycles. The summed E-state index contributed by atoms with van der Waals surface area (Å²) in [6.45, 7) is 4.63. The smallest absolute Gasteiger partial charge is 0.340 e. The van der Waals surface area contributed by atoms with Crippen LogP contribution in [0.2, 0.25) is 0 Å². The van der Waals surface area contributed by atoms with Crippen molar-refractivity contribution in [1.29, 1.82) is 0 Å². The number of benzene rings is 1. The molecule has 0 bridgehead atoms. The van der Waals surface area contributed by atoms with Gasteiger partial charge in [-0.05, 0) is 49.3 Å². The number of ether oxygens (including phenoxy) is 1. The van der Waals surface area contributed by atoms with E-state index < -0.39 is 5.97 Å². The molecule has 4 heteroatoms. The molecule has 1 saturated carbocycles. The average Bonchev–Trinajstić information content (AvgIpc) is 2.44. The summed E-state index contributed by atoms with van der Waals surface area (Å²) in [5, 5.41) is 3.52. The third-order valence-corrected chi connectivity index (χ3v) is 4.43. The number of methoxy groups -OCH3 is 1. The molecule has 0 aromatic heterocycles. The van der Waals surface area contributed by atoms with Gasteiger partial charge in [-0.2, -0.15) is 0 Å². The largest absolute Gasteiger partial charge is 0.465 e. The molecule has 0 saturated heterocycles. The van der Waals surface area contributed by atoms with Crippen LogP contribution >= 0.6 is 0 Å². The predicted molar refractivity (Wildman–Crippen MR) is 81.8 cm³/mol. The summed E-state index contributed by atoms with van der Waals surface area (Å²) in [6, 6.07) is 5.92. The van der Waals surface area contributed by atoms with Gasteiger partial charge in [0.2, 0.25) is 0 Å². The molecule has 1 aliphatic carbocycles. The van der Waals surface area contributed by atoms with E-state index in [0.717, 1.165) is 17.5 Å². The van der Waals surface area contributed by atoms with Gasteiger partial charge in [-0.3, -0.25) is 0 Å². The lowest BCUT2D eigenvalue weighted by Gasteiger charge is -2.33. The Morgan fingerprint density at radius 1 is 1.30 bits per heavy atom. The number of hydrogen-bond acceptors (Lipinski definition) is 4. The first kappa shape index (κ1) is 14.7. The van der Waals surface area contributed by atoms with E-state index in [2.05, 4.69) is 19.2 Å². The molecule has 0 amide bonds. The Bertz CT molecular complexity index is 487. The van der Waals surface area contributed by atoms with Crippen molar-refractivity contribution < 1.29 is 9.53 Å². The monoisotopic (exact) mass is 276 g/mol. The van der Waals surface area contributed by atoms with Gasteiger partial charge in [0.1, 0.15) is 0 Å². The summed E-state index contributed by atoms with van der Waals surface area (Å²) >= 11 is 0. The van der Waals surface area contributed by atoms with Crippen molar-refractivity contribution >= 4 is 17.3 Å². The van der Waals surface area contributed by atoms with Crippen LogP contribution in [-0.2, 0) is 4.74 Å². The van der Waals surface area contributed by atoms with Crippen LogP contribution in [0.3, 0.4) is 0 Å². The van der Waals surface area contributed by atoms with Gasteiger partial charge in [0, 0.05) is 17.4 Å². The van der Waals surface area contributed by atoms with Crippen molar-refractivity contribution in [3.05, 3.63) is 23.8 Å². The van der Waals surface area contributed by atoms with Gasteiger partial charge in [-0.1, -0.05) is 13.8 Å². The molecule has 3 N–H and O–H groups in total. The molecule has 3 unspecified atom stereocenters. The Labute approximate surface area is 120 Å². The van der Waals surface area contributed by atoms with E-state index in [9.17, 15) is 4.79 Å². The first-order chi connectivity index (χ1) is 9.51. The van der Waals surface area contributed by atoms with Gasteiger partial charge in [-0.15, -0.1) is 0 Å². The molecule has 1 aromatic rings. The number of hydrogen-bond donors (Lipinski definition) is 2. The quantitative estimate of drug-likeness (QED) is 0.657. The molecule has 0 radical (unpaired) electrons. The Kier molecular flexibility index (Phi) is 4.53. The third-order valence-electron chi connectivity index (χ3n) is 4.43. The zero-order valence-electron chi connectivity index (χ0n) is 12.5. The van der Waals surface area contributed by atoms with E-state index in [1.54, 1.807) is 12.1 Å². The molecular formula is C16H24N2O2. The minimum absolute atomic E-state index is 0.392. The SMILES string of the molecule is COC(=O)c1cc(NC2CCC(C)C(C)C2)ccc1N. The molecule has 0 heterocycles. The normalized spacial score (nSPS) is 26.1. The van der Waals surface area contributed by atoms with Gasteiger partial charge in [0.05, 0.1) is 12.7 Å². The van der Waals surface area contributed by atoms with Crippen LogP contribution in [0.4, 0.5) is 11.4 Å². The molecule has 4 nitrogen and oxygen atoms in total. The molecule has 1 aromatic carbocycles. The maximum atomic E-state index is 11.6. The van der Waals surface area contributed by atoms with E-state index in [1.165, 1.54) is 26.4 Å². The zero-order valence-corrected chi connectivity index (χ0v) is 12.5. The topological polar surface area (TPSA) is 64.3 Å². The summed E-state index contributed by atoms with van der Waals surface area (Å²) in [5.41, 5.74) is 7.62. The van der Waals surface area contributed by atoms with Crippen molar-refractivity contribution in [1.82, 2.24) is 0 Å². The minimum atomic E-state index is -0.392. The van der Waals surface area contributed by atoms with Crippen LogP contribution < -0.4 is 11.1 Å². The highest BCUT2D eigenvalue weighted by Crippen LogP contribution is 2.31. The lowest BCUT2D eigenvalue weighted by molar-refractivity contribution is 0.0602. The lowest BCUT2D eigenvalue weighted by Crippen LogP contribution is -2.30. The number of rotatable bonds is 3. The lowest BCUT2D eigenvalue weighted by atomic mass is 9.79. The van der Waals surface area contributed by atoms with Gasteiger partial charge >= 0.3 is 5.97 Å². The first-order valence-electron chi connectivity index (χ1n) is 7.25. The minimum Gasteiger partial charge on any atom is -0.465 e. The fourth-order valence-electron chi connectivity index (χ4n) is 2.85. The molecule has 3 atom stereocenters.